The van der Waals surface area contributed by atoms with Crippen molar-refractivity contribution in [2.75, 3.05) is 23.5 Å². The summed E-state index contributed by atoms with van der Waals surface area (Å²) in [7, 11) is 1.36. The maximum Gasteiger partial charge on any atom is 0.416 e. The highest BCUT2D eigenvalue weighted by molar-refractivity contribution is 5.90. The fourth-order valence-electron chi connectivity index (χ4n) is 5.04. The molecular weight excluding hydrogens is 612 g/mol. The molecule has 0 bridgehead atoms. The molecule has 1 N–H and O–H groups in total. The Morgan fingerprint density at radius 3 is 2.18 bits per heavy atom. The van der Waals surface area contributed by atoms with Gasteiger partial charge < -0.3 is 19.5 Å². The summed E-state index contributed by atoms with van der Waals surface area (Å²) in [6, 6.07) is 2.91. The number of pyridine rings is 1. The number of hydrogen-bond acceptors (Lipinski definition) is 8. The number of methoxy groups -OCH3 is 1. The molecule has 16 heteroatoms. The lowest BCUT2D eigenvalue weighted by molar-refractivity contribution is -0.143. The van der Waals surface area contributed by atoms with Crippen LogP contribution in [0.2, 0.25) is 0 Å². The average molecular weight is 642 g/mol. The van der Waals surface area contributed by atoms with Crippen molar-refractivity contribution < 1.29 is 50.5 Å². The van der Waals surface area contributed by atoms with Gasteiger partial charge in [0.2, 0.25) is 11.8 Å². The van der Waals surface area contributed by atoms with Crippen LogP contribution in [0.15, 0.2) is 42.7 Å². The average Bonchev–Trinajstić information content (AvgIpc) is 2.97. The molecule has 0 saturated heterocycles. The van der Waals surface area contributed by atoms with Crippen LogP contribution in [0.1, 0.15) is 60.7 Å². The van der Waals surface area contributed by atoms with Crippen molar-refractivity contribution in [2.24, 2.45) is 0 Å². The predicted octanol–water partition coefficient (Wildman–Crippen LogP) is 6.44. The van der Waals surface area contributed by atoms with Gasteiger partial charge in [0, 0.05) is 37.5 Å². The number of nitrogens with zero attached hydrogens (tertiary/aromatic N) is 5. The smallest absolute Gasteiger partial charge is 0.416 e. The number of ether oxygens (including phenoxy) is 2. The summed E-state index contributed by atoms with van der Waals surface area (Å²) in [6.45, 7) is 2.90. The number of fused-ring (bicyclic) bond motifs is 1. The zero-order valence-corrected chi connectivity index (χ0v) is 24.3. The second kappa shape index (κ2) is 13.2. The number of aryl methyl sites for hydroxylation is 1. The van der Waals surface area contributed by atoms with E-state index in [0.717, 1.165) is 0 Å². The predicted molar refractivity (Wildman–Crippen MR) is 148 cm³/mol. The van der Waals surface area contributed by atoms with Crippen LogP contribution in [0.5, 0.6) is 5.88 Å². The molecule has 45 heavy (non-hydrogen) atoms. The number of carbonyl (C=O) groups excluding carboxylic acids is 1. The van der Waals surface area contributed by atoms with E-state index in [1.54, 1.807) is 19.9 Å². The van der Waals surface area contributed by atoms with Gasteiger partial charge in [-0.3, -0.25) is 9.69 Å². The minimum atomic E-state index is -5.07. The number of rotatable bonds is 9. The second-order valence-corrected chi connectivity index (χ2v) is 10.3. The Morgan fingerprint density at radius 1 is 1.02 bits per heavy atom. The number of anilines is 2. The van der Waals surface area contributed by atoms with Crippen LogP contribution in [0.25, 0.3) is 0 Å². The van der Waals surface area contributed by atoms with Crippen LogP contribution in [-0.2, 0) is 34.8 Å². The molecule has 1 aliphatic heterocycles. The molecule has 3 heterocycles. The zero-order valence-electron chi connectivity index (χ0n) is 24.3. The van der Waals surface area contributed by atoms with E-state index in [1.165, 1.54) is 35.4 Å². The Labute approximate surface area is 253 Å². The molecule has 242 valence electrons. The molecule has 10 nitrogen and oxygen atoms in total. The van der Waals surface area contributed by atoms with Gasteiger partial charge in [-0.2, -0.15) is 26.3 Å². The normalized spacial score (nSPS) is 16.6. The Balaban J connectivity index is 1.88. The molecule has 1 aliphatic rings. The molecule has 1 aromatic carbocycles. The van der Waals surface area contributed by atoms with Gasteiger partial charge in [0.1, 0.15) is 0 Å². The maximum absolute atomic E-state index is 13.7. The zero-order chi connectivity index (χ0) is 33.1. The van der Waals surface area contributed by atoms with Crippen LogP contribution < -0.4 is 14.5 Å². The lowest BCUT2D eigenvalue weighted by Gasteiger charge is -2.42. The first-order valence-corrected chi connectivity index (χ1v) is 13.7. The van der Waals surface area contributed by atoms with E-state index >= 15 is 0 Å². The Bertz CT molecular complexity index is 1500. The fourth-order valence-corrected chi connectivity index (χ4v) is 5.04. The third kappa shape index (κ3) is 7.72. The van der Waals surface area contributed by atoms with Gasteiger partial charge in [0.15, 0.2) is 0 Å². The summed E-state index contributed by atoms with van der Waals surface area (Å²) >= 11 is 0. The monoisotopic (exact) mass is 641 g/mol. The number of carbonyl (C=O) groups is 2. The highest BCUT2D eigenvalue weighted by atomic mass is 19.4. The van der Waals surface area contributed by atoms with Gasteiger partial charge in [-0.05, 0) is 62.1 Å². The number of alkyl halides is 6. The number of benzene rings is 1. The van der Waals surface area contributed by atoms with Crippen LogP contribution in [-0.4, -0.2) is 51.9 Å². The number of aliphatic carboxylic acids is 1. The van der Waals surface area contributed by atoms with E-state index < -0.39 is 54.2 Å². The molecule has 3 aromatic rings. The van der Waals surface area contributed by atoms with Crippen LogP contribution in [0, 0.1) is 0 Å². The molecule has 1 amide bonds. The largest absolute Gasteiger partial charge is 0.481 e. The quantitative estimate of drug-likeness (QED) is 0.264. The van der Waals surface area contributed by atoms with Crippen molar-refractivity contribution in [1.29, 1.82) is 0 Å². The van der Waals surface area contributed by atoms with E-state index in [2.05, 4.69) is 15.0 Å². The summed E-state index contributed by atoms with van der Waals surface area (Å²) in [6.07, 6.45) is -8.15. The maximum atomic E-state index is 13.7. The van der Waals surface area contributed by atoms with E-state index in [1.807, 2.05) is 0 Å². The van der Waals surface area contributed by atoms with Crippen molar-refractivity contribution in [3.05, 3.63) is 70.7 Å². The van der Waals surface area contributed by atoms with E-state index in [9.17, 15) is 35.9 Å². The van der Waals surface area contributed by atoms with Crippen molar-refractivity contribution in [1.82, 2.24) is 15.0 Å². The van der Waals surface area contributed by atoms with Gasteiger partial charge in [-0.1, -0.05) is 0 Å². The van der Waals surface area contributed by atoms with Gasteiger partial charge in [0.05, 0.1) is 42.3 Å². The van der Waals surface area contributed by atoms with E-state index in [-0.39, 0.29) is 55.0 Å². The molecular formula is C29H29F6N5O5. The summed E-state index contributed by atoms with van der Waals surface area (Å²) in [5.41, 5.74) is -2.33. The lowest BCUT2D eigenvalue weighted by atomic mass is 9.94. The number of amides is 1. The number of hydrogen-bond donors (Lipinski definition) is 1. The molecule has 0 aliphatic carbocycles. The van der Waals surface area contributed by atoms with Gasteiger partial charge >= 0.3 is 24.4 Å². The molecule has 0 saturated carbocycles. The molecule has 0 radical (unpaired) electrons. The van der Waals surface area contributed by atoms with Gasteiger partial charge in [-0.25, -0.2) is 19.7 Å². The summed E-state index contributed by atoms with van der Waals surface area (Å²) in [5.74, 6) is -0.984. The van der Waals surface area contributed by atoms with Gasteiger partial charge in [0.25, 0.3) is 0 Å². The number of aromatic nitrogens is 3. The molecule has 4 rings (SSSR count). The first kappa shape index (κ1) is 33.3. The van der Waals surface area contributed by atoms with E-state index in [0.29, 0.717) is 23.4 Å². The number of carboxylic acid groups (broad SMARTS) is 1. The van der Waals surface area contributed by atoms with Crippen LogP contribution in [0.4, 0.5) is 42.8 Å². The fraction of sp³-hybridized carbons (Fsp3) is 0.414. The van der Waals surface area contributed by atoms with Crippen LogP contribution >= 0.6 is 0 Å². The Kier molecular flexibility index (Phi) is 9.73. The molecule has 0 unspecified atom stereocenters. The molecule has 2 atom stereocenters. The molecule has 2 aromatic heterocycles. The third-order valence-electron chi connectivity index (χ3n) is 7.08. The van der Waals surface area contributed by atoms with Crippen molar-refractivity contribution >= 4 is 23.7 Å². The summed E-state index contributed by atoms with van der Waals surface area (Å²) in [5, 5.41) is 9.00. The van der Waals surface area contributed by atoms with Crippen LogP contribution in [0.3, 0.4) is 0 Å². The lowest BCUT2D eigenvalue weighted by Crippen LogP contribution is -2.47. The standard InChI is InChI=1S/C29H29F6N5O5/c1-4-45-27(43)40-16(2)9-22(25-21(40)6-7-23(38-25)44-3)39(26-36-13-17(14-37-26)5-8-24(41)42)15-18-10-19(28(30,31)32)12-20(11-18)29(33,34)35/h6-7,10-14,16,22H,4-5,8-9,15H2,1-3H3,(H,41,42)/t16-,22+/m1/s1. The van der Waals surface area contributed by atoms with Crippen molar-refractivity contribution in [3.8, 4) is 5.88 Å². The minimum Gasteiger partial charge on any atom is -0.481 e. The SMILES string of the molecule is CCOC(=O)N1c2ccc(OC)nc2[C@@H](N(Cc2cc(C(F)(F)F)cc(C(F)(F)F)c2)c2ncc(CCC(=O)O)cn2)C[C@H]1C. The summed E-state index contributed by atoms with van der Waals surface area (Å²) in [4.78, 5) is 39.8. The topological polar surface area (TPSA) is 118 Å². The second-order valence-electron chi connectivity index (χ2n) is 10.3. The summed E-state index contributed by atoms with van der Waals surface area (Å²) < 4.78 is 92.8. The number of halogens is 6. The first-order chi connectivity index (χ1) is 21.1. The third-order valence-corrected chi connectivity index (χ3v) is 7.08. The first-order valence-electron chi connectivity index (χ1n) is 13.7. The Hall–Kier alpha value is -4.63. The van der Waals surface area contributed by atoms with E-state index in [4.69, 9.17) is 14.6 Å². The molecule has 0 fully saturated rings. The minimum absolute atomic E-state index is 0.0448. The van der Waals surface area contributed by atoms with Gasteiger partial charge in [-0.15, -0.1) is 0 Å². The van der Waals surface area contributed by atoms with Crippen molar-refractivity contribution in [3.63, 3.8) is 0 Å². The number of carboxylic acids is 1. The van der Waals surface area contributed by atoms with Crippen molar-refractivity contribution in [2.45, 2.75) is 64.1 Å². The molecule has 0 spiro atoms. The Morgan fingerprint density at radius 2 is 1.64 bits per heavy atom. The highest BCUT2D eigenvalue weighted by Gasteiger charge is 2.41. The highest BCUT2D eigenvalue weighted by Crippen LogP contribution is 2.43.